The fraction of sp³-hybridized carbons (Fsp3) is 0.368. The van der Waals surface area contributed by atoms with E-state index in [9.17, 15) is 0 Å². The van der Waals surface area contributed by atoms with Crippen molar-refractivity contribution >= 4 is 0 Å². The molecule has 1 N–H and O–H groups in total. The minimum Gasteiger partial charge on any atom is -0.314 e. The van der Waals surface area contributed by atoms with E-state index in [0.29, 0.717) is 12.0 Å². The fourth-order valence-electron chi connectivity index (χ4n) is 3.42. The molecule has 3 rings (SSSR count). The van der Waals surface area contributed by atoms with E-state index in [-0.39, 0.29) is 0 Å². The SMILES string of the molecule is CCNC1CCCC1c1ccc(-c2ccccc2)cc1. The number of hydrogen-bond donors (Lipinski definition) is 1. The molecule has 2 aromatic rings. The summed E-state index contributed by atoms with van der Waals surface area (Å²) >= 11 is 0. The van der Waals surface area contributed by atoms with Crippen molar-refractivity contribution in [3.8, 4) is 11.1 Å². The van der Waals surface area contributed by atoms with Gasteiger partial charge in [-0.05, 0) is 42.0 Å². The second-order valence-corrected chi connectivity index (χ2v) is 5.69. The Labute approximate surface area is 122 Å². The number of benzene rings is 2. The highest BCUT2D eigenvalue weighted by molar-refractivity contribution is 5.63. The van der Waals surface area contributed by atoms with Crippen LogP contribution in [0.15, 0.2) is 54.6 Å². The van der Waals surface area contributed by atoms with Crippen LogP contribution >= 0.6 is 0 Å². The van der Waals surface area contributed by atoms with E-state index in [0.717, 1.165) is 6.54 Å². The molecule has 1 saturated carbocycles. The van der Waals surface area contributed by atoms with E-state index < -0.39 is 0 Å². The highest BCUT2D eigenvalue weighted by Gasteiger charge is 2.27. The molecular formula is C19H23N. The summed E-state index contributed by atoms with van der Waals surface area (Å²) in [6.07, 6.45) is 3.99. The van der Waals surface area contributed by atoms with Crippen LogP contribution in [0.5, 0.6) is 0 Å². The van der Waals surface area contributed by atoms with Crippen molar-refractivity contribution in [2.75, 3.05) is 6.54 Å². The molecule has 0 aromatic heterocycles. The minimum absolute atomic E-state index is 0.669. The maximum absolute atomic E-state index is 3.64. The van der Waals surface area contributed by atoms with Crippen molar-refractivity contribution in [2.24, 2.45) is 0 Å². The van der Waals surface area contributed by atoms with Gasteiger partial charge in [-0.3, -0.25) is 0 Å². The smallest absolute Gasteiger partial charge is 0.0136 e. The summed E-state index contributed by atoms with van der Waals surface area (Å²) in [5, 5.41) is 3.64. The zero-order chi connectivity index (χ0) is 13.8. The zero-order valence-electron chi connectivity index (χ0n) is 12.2. The average Bonchev–Trinajstić information content (AvgIpc) is 2.97. The van der Waals surface area contributed by atoms with Gasteiger partial charge in [-0.1, -0.05) is 67.9 Å². The number of rotatable bonds is 4. The number of nitrogens with one attached hydrogen (secondary N) is 1. The Hall–Kier alpha value is -1.60. The number of hydrogen-bond acceptors (Lipinski definition) is 1. The van der Waals surface area contributed by atoms with Crippen LogP contribution in [0.3, 0.4) is 0 Å². The molecule has 0 heterocycles. The summed E-state index contributed by atoms with van der Waals surface area (Å²) < 4.78 is 0. The van der Waals surface area contributed by atoms with Crippen molar-refractivity contribution < 1.29 is 0 Å². The van der Waals surface area contributed by atoms with Gasteiger partial charge in [0.1, 0.15) is 0 Å². The molecule has 2 aromatic carbocycles. The molecular weight excluding hydrogens is 242 g/mol. The van der Waals surface area contributed by atoms with Gasteiger partial charge in [0.15, 0.2) is 0 Å². The van der Waals surface area contributed by atoms with Crippen LogP contribution in [0.25, 0.3) is 11.1 Å². The van der Waals surface area contributed by atoms with Crippen LogP contribution in [-0.4, -0.2) is 12.6 Å². The third kappa shape index (κ3) is 2.78. The van der Waals surface area contributed by atoms with Gasteiger partial charge in [0.25, 0.3) is 0 Å². The first kappa shape index (κ1) is 13.4. The first-order chi connectivity index (χ1) is 9.88. The Bertz CT molecular complexity index is 529. The van der Waals surface area contributed by atoms with E-state index in [1.54, 1.807) is 0 Å². The molecule has 0 radical (unpaired) electrons. The summed E-state index contributed by atoms with van der Waals surface area (Å²) in [7, 11) is 0. The van der Waals surface area contributed by atoms with Gasteiger partial charge in [-0.25, -0.2) is 0 Å². The second kappa shape index (κ2) is 6.23. The first-order valence-corrected chi connectivity index (χ1v) is 7.77. The van der Waals surface area contributed by atoms with Crippen LogP contribution in [0.1, 0.15) is 37.7 Å². The largest absolute Gasteiger partial charge is 0.314 e. The summed E-state index contributed by atoms with van der Waals surface area (Å²) in [5.74, 6) is 0.694. The standard InChI is InChI=1S/C19H23N/c1-2-20-19-10-6-9-18(19)17-13-11-16(12-14-17)15-7-4-3-5-8-15/h3-5,7-8,11-14,18-20H,2,6,9-10H2,1H3. The number of likely N-dealkylation sites (N-methyl/N-ethyl adjacent to an activating group) is 1. The van der Waals surface area contributed by atoms with Crippen LogP contribution in [-0.2, 0) is 0 Å². The van der Waals surface area contributed by atoms with E-state index in [1.807, 2.05) is 0 Å². The Morgan fingerprint density at radius 1 is 0.900 bits per heavy atom. The van der Waals surface area contributed by atoms with Gasteiger partial charge >= 0.3 is 0 Å². The van der Waals surface area contributed by atoms with Gasteiger partial charge in [0, 0.05) is 6.04 Å². The topological polar surface area (TPSA) is 12.0 Å². The lowest BCUT2D eigenvalue weighted by molar-refractivity contribution is 0.492. The quantitative estimate of drug-likeness (QED) is 0.852. The van der Waals surface area contributed by atoms with Gasteiger partial charge in [-0.15, -0.1) is 0 Å². The van der Waals surface area contributed by atoms with Crippen LogP contribution in [0, 0.1) is 0 Å². The van der Waals surface area contributed by atoms with Gasteiger partial charge in [-0.2, -0.15) is 0 Å². The summed E-state index contributed by atoms with van der Waals surface area (Å²) in [6.45, 7) is 3.27. The normalized spacial score (nSPS) is 22.1. The third-order valence-corrected chi connectivity index (χ3v) is 4.43. The highest BCUT2D eigenvalue weighted by atomic mass is 14.9. The molecule has 0 amide bonds. The Morgan fingerprint density at radius 2 is 1.60 bits per heavy atom. The summed E-state index contributed by atoms with van der Waals surface area (Å²) in [6, 6.07) is 20.5. The third-order valence-electron chi connectivity index (χ3n) is 4.43. The highest BCUT2D eigenvalue weighted by Crippen LogP contribution is 2.35. The maximum atomic E-state index is 3.64. The molecule has 1 fully saturated rings. The lowest BCUT2D eigenvalue weighted by Gasteiger charge is -2.21. The lowest BCUT2D eigenvalue weighted by atomic mass is 9.92. The van der Waals surface area contributed by atoms with Crippen molar-refractivity contribution in [3.05, 3.63) is 60.2 Å². The van der Waals surface area contributed by atoms with E-state index in [1.165, 1.54) is 36.0 Å². The molecule has 2 unspecified atom stereocenters. The summed E-state index contributed by atoms with van der Waals surface area (Å²) in [4.78, 5) is 0. The predicted molar refractivity (Wildman–Crippen MR) is 85.9 cm³/mol. The fourth-order valence-corrected chi connectivity index (χ4v) is 3.42. The van der Waals surface area contributed by atoms with Gasteiger partial charge < -0.3 is 5.32 Å². The molecule has 1 aliphatic carbocycles. The Kier molecular flexibility index (Phi) is 4.17. The molecule has 1 heteroatoms. The molecule has 0 saturated heterocycles. The minimum atomic E-state index is 0.669. The van der Waals surface area contributed by atoms with Crippen LogP contribution < -0.4 is 5.32 Å². The molecule has 104 valence electrons. The molecule has 1 aliphatic rings. The molecule has 2 atom stereocenters. The monoisotopic (exact) mass is 265 g/mol. The molecule has 0 bridgehead atoms. The Morgan fingerprint density at radius 3 is 2.30 bits per heavy atom. The Balaban J connectivity index is 1.79. The summed E-state index contributed by atoms with van der Waals surface area (Å²) in [5.41, 5.74) is 4.11. The van der Waals surface area contributed by atoms with Crippen molar-refractivity contribution in [1.29, 1.82) is 0 Å². The van der Waals surface area contributed by atoms with Gasteiger partial charge in [0.05, 0.1) is 0 Å². The molecule has 1 nitrogen and oxygen atoms in total. The van der Waals surface area contributed by atoms with E-state index in [2.05, 4.69) is 66.8 Å². The van der Waals surface area contributed by atoms with Crippen molar-refractivity contribution in [3.63, 3.8) is 0 Å². The predicted octanol–water partition coefficient (Wildman–Crippen LogP) is 4.60. The zero-order valence-corrected chi connectivity index (χ0v) is 12.2. The molecule has 0 aliphatic heterocycles. The van der Waals surface area contributed by atoms with Crippen molar-refractivity contribution in [1.82, 2.24) is 5.32 Å². The average molecular weight is 265 g/mol. The lowest BCUT2D eigenvalue weighted by Crippen LogP contribution is -2.30. The molecule has 0 spiro atoms. The van der Waals surface area contributed by atoms with E-state index in [4.69, 9.17) is 0 Å². The first-order valence-electron chi connectivity index (χ1n) is 7.77. The van der Waals surface area contributed by atoms with Crippen LogP contribution in [0.2, 0.25) is 0 Å². The second-order valence-electron chi connectivity index (χ2n) is 5.69. The maximum Gasteiger partial charge on any atom is 0.0136 e. The van der Waals surface area contributed by atoms with Crippen molar-refractivity contribution in [2.45, 2.75) is 38.1 Å². The van der Waals surface area contributed by atoms with Gasteiger partial charge in [0.2, 0.25) is 0 Å². The van der Waals surface area contributed by atoms with E-state index >= 15 is 0 Å². The van der Waals surface area contributed by atoms with Crippen LogP contribution in [0.4, 0.5) is 0 Å². The molecule has 20 heavy (non-hydrogen) atoms.